The van der Waals surface area contributed by atoms with E-state index < -0.39 is 0 Å². The first kappa shape index (κ1) is 10.9. The van der Waals surface area contributed by atoms with Crippen LogP contribution in [0, 0.1) is 0 Å². The van der Waals surface area contributed by atoms with Gasteiger partial charge in [0, 0.05) is 5.88 Å². The molecule has 2 nitrogen and oxygen atoms in total. The molecular formula is C7H11Cl3O2. The predicted octanol–water partition coefficient (Wildman–Crippen LogP) is 2.20. The Labute approximate surface area is 87.1 Å². The highest BCUT2D eigenvalue weighted by molar-refractivity contribution is 6.28. The number of alkyl halides is 3. The van der Waals surface area contributed by atoms with E-state index in [2.05, 4.69) is 0 Å². The van der Waals surface area contributed by atoms with E-state index in [4.69, 9.17) is 44.3 Å². The Morgan fingerprint density at radius 3 is 2.83 bits per heavy atom. The fourth-order valence-electron chi connectivity index (χ4n) is 0.934. The van der Waals surface area contributed by atoms with Crippen LogP contribution in [0.3, 0.4) is 0 Å². The molecule has 1 heterocycles. The van der Waals surface area contributed by atoms with E-state index in [9.17, 15) is 0 Å². The lowest BCUT2D eigenvalue weighted by Gasteiger charge is -2.15. The summed E-state index contributed by atoms with van der Waals surface area (Å²) >= 11 is 17.1. The molecule has 0 N–H and O–H groups in total. The minimum absolute atomic E-state index is 0.0517. The molecule has 0 radical (unpaired) electrons. The zero-order valence-electron chi connectivity index (χ0n) is 6.51. The summed E-state index contributed by atoms with van der Waals surface area (Å²) < 4.78 is 10.5. The van der Waals surface area contributed by atoms with Crippen LogP contribution >= 0.6 is 34.8 Å². The van der Waals surface area contributed by atoms with Crippen LogP contribution in [0.5, 0.6) is 0 Å². The molecule has 12 heavy (non-hydrogen) atoms. The molecule has 0 aromatic carbocycles. The second-order valence-electron chi connectivity index (χ2n) is 2.63. The summed E-state index contributed by atoms with van der Waals surface area (Å²) in [5.41, 5.74) is 0. The highest BCUT2D eigenvalue weighted by Crippen LogP contribution is 2.20. The number of rotatable bonds is 4. The van der Waals surface area contributed by atoms with Gasteiger partial charge in [0.1, 0.15) is 0 Å². The summed E-state index contributed by atoms with van der Waals surface area (Å²) in [5.74, 6) is 0.376. The summed E-state index contributed by atoms with van der Waals surface area (Å²) in [6.07, 6.45) is 0.524. The lowest BCUT2D eigenvalue weighted by atomic mass is 10.3. The van der Waals surface area contributed by atoms with Gasteiger partial charge >= 0.3 is 0 Å². The summed E-state index contributed by atoms with van der Waals surface area (Å²) in [5, 5.41) is -0.219. The molecule has 1 saturated heterocycles. The lowest BCUT2D eigenvalue weighted by Crippen LogP contribution is -2.24. The average molecular weight is 234 g/mol. The molecule has 0 amide bonds. The van der Waals surface area contributed by atoms with E-state index in [0.717, 1.165) is 6.42 Å². The minimum Gasteiger partial charge on any atom is -0.351 e. The summed E-state index contributed by atoms with van der Waals surface area (Å²) in [7, 11) is 0. The molecule has 72 valence electrons. The normalized spacial score (nSPS) is 32.2. The molecule has 3 atom stereocenters. The smallest absolute Gasteiger partial charge is 0.173 e. The molecule has 0 saturated carbocycles. The van der Waals surface area contributed by atoms with Crippen LogP contribution in [-0.4, -0.2) is 36.1 Å². The quantitative estimate of drug-likeness (QED) is 0.693. The van der Waals surface area contributed by atoms with Gasteiger partial charge in [-0.25, -0.2) is 0 Å². The van der Waals surface area contributed by atoms with Crippen molar-refractivity contribution in [1.82, 2.24) is 0 Å². The van der Waals surface area contributed by atoms with Gasteiger partial charge in [-0.3, -0.25) is 0 Å². The Morgan fingerprint density at radius 2 is 2.33 bits per heavy atom. The van der Waals surface area contributed by atoms with E-state index >= 15 is 0 Å². The third-order valence-electron chi connectivity index (χ3n) is 1.58. The molecule has 1 aliphatic heterocycles. The lowest BCUT2D eigenvalue weighted by molar-refractivity contribution is -0.108. The van der Waals surface area contributed by atoms with Crippen LogP contribution < -0.4 is 0 Å². The third-order valence-corrected chi connectivity index (χ3v) is 2.81. The second kappa shape index (κ2) is 5.51. The van der Waals surface area contributed by atoms with Gasteiger partial charge in [-0.15, -0.1) is 34.8 Å². The maximum absolute atomic E-state index is 5.88. The Morgan fingerprint density at radius 1 is 1.58 bits per heavy atom. The van der Waals surface area contributed by atoms with E-state index in [1.165, 1.54) is 0 Å². The minimum atomic E-state index is -0.309. The third kappa shape index (κ3) is 3.27. The number of ether oxygens (including phenoxy) is 2. The SMILES string of the molecule is ClCC(Cl)COC1OCCC1Cl. The molecular weight excluding hydrogens is 222 g/mol. The van der Waals surface area contributed by atoms with Crippen molar-refractivity contribution in [3.8, 4) is 0 Å². The first-order valence-corrected chi connectivity index (χ1v) is 5.22. The standard InChI is InChI=1S/C7H11Cl3O2/c8-3-5(9)4-12-7-6(10)1-2-11-7/h5-7H,1-4H2. The molecule has 0 spiro atoms. The summed E-state index contributed by atoms with van der Waals surface area (Å²) in [6.45, 7) is 1.05. The Kier molecular flexibility index (Phi) is 4.99. The average Bonchev–Trinajstić information content (AvgIpc) is 2.47. The predicted molar refractivity (Wildman–Crippen MR) is 50.3 cm³/mol. The van der Waals surface area contributed by atoms with Gasteiger partial charge in [0.2, 0.25) is 0 Å². The first-order valence-electron chi connectivity index (χ1n) is 3.81. The highest BCUT2D eigenvalue weighted by atomic mass is 35.5. The van der Waals surface area contributed by atoms with Crippen molar-refractivity contribution >= 4 is 34.8 Å². The Balaban J connectivity index is 2.13. The molecule has 0 aromatic heterocycles. The van der Waals surface area contributed by atoms with Crippen molar-refractivity contribution in [1.29, 1.82) is 0 Å². The van der Waals surface area contributed by atoms with Gasteiger partial charge in [-0.2, -0.15) is 0 Å². The van der Waals surface area contributed by atoms with Crippen molar-refractivity contribution in [2.75, 3.05) is 19.1 Å². The van der Waals surface area contributed by atoms with Gasteiger partial charge < -0.3 is 9.47 Å². The number of hydrogen-bond acceptors (Lipinski definition) is 2. The Bertz CT molecular complexity index is 134. The van der Waals surface area contributed by atoms with Crippen LogP contribution in [0.2, 0.25) is 0 Å². The van der Waals surface area contributed by atoms with Gasteiger partial charge in [0.25, 0.3) is 0 Å². The maximum atomic E-state index is 5.88. The fraction of sp³-hybridized carbons (Fsp3) is 1.00. The van der Waals surface area contributed by atoms with Crippen molar-refractivity contribution in [3.05, 3.63) is 0 Å². The molecule has 0 aromatic rings. The summed E-state index contributed by atoms with van der Waals surface area (Å²) in [6, 6.07) is 0. The molecule has 1 aliphatic rings. The Hall–Kier alpha value is 0.790. The monoisotopic (exact) mass is 232 g/mol. The molecule has 5 heteroatoms. The van der Waals surface area contributed by atoms with Crippen molar-refractivity contribution in [2.24, 2.45) is 0 Å². The van der Waals surface area contributed by atoms with Crippen molar-refractivity contribution < 1.29 is 9.47 Å². The van der Waals surface area contributed by atoms with E-state index in [1.807, 2.05) is 0 Å². The van der Waals surface area contributed by atoms with E-state index in [-0.39, 0.29) is 17.0 Å². The maximum Gasteiger partial charge on any atom is 0.173 e. The van der Waals surface area contributed by atoms with Crippen molar-refractivity contribution in [2.45, 2.75) is 23.5 Å². The topological polar surface area (TPSA) is 18.5 Å². The fourth-order valence-corrected chi connectivity index (χ4v) is 1.33. The van der Waals surface area contributed by atoms with Crippen molar-refractivity contribution in [3.63, 3.8) is 0 Å². The molecule has 0 aliphatic carbocycles. The molecule has 1 fully saturated rings. The molecule has 3 unspecified atom stereocenters. The molecule has 1 rings (SSSR count). The van der Waals surface area contributed by atoms with Crippen LogP contribution in [0.15, 0.2) is 0 Å². The largest absolute Gasteiger partial charge is 0.351 e. The molecule has 0 bridgehead atoms. The van der Waals surface area contributed by atoms with Gasteiger partial charge in [0.05, 0.1) is 24.0 Å². The van der Waals surface area contributed by atoms with Crippen LogP contribution in [0.25, 0.3) is 0 Å². The highest BCUT2D eigenvalue weighted by Gasteiger charge is 2.27. The first-order chi connectivity index (χ1) is 5.74. The number of halogens is 3. The zero-order valence-corrected chi connectivity index (χ0v) is 8.78. The van der Waals surface area contributed by atoms with Gasteiger partial charge in [-0.1, -0.05) is 0 Å². The van der Waals surface area contributed by atoms with Gasteiger partial charge in [0.15, 0.2) is 6.29 Å². The van der Waals surface area contributed by atoms with Gasteiger partial charge in [-0.05, 0) is 6.42 Å². The van der Waals surface area contributed by atoms with Crippen LogP contribution in [-0.2, 0) is 9.47 Å². The summed E-state index contributed by atoms with van der Waals surface area (Å²) in [4.78, 5) is 0. The second-order valence-corrected chi connectivity index (χ2v) is 4.12. The van der Waals surface area contributed by atoms with E-state index in [0.29, 0.717) is 19.1 Å². The van der Waals surface area contributed by atoms with Crippen LogP contribution in [0.1, 0.15) is 6.42 Å². The zero-order chi connectivity index (χ0) is 8.97. The number of hydrogen-bond donors (Lipinski definition) is 0. The van der Waals surface area contributed by atoms with E-state index in [1.54, 1.807) is 0 Å². The van der Waals surface area contributed by atoms with Crippen LogP contribution in [0.4, 0.5) is 0 Å².